The normalized spacial score (nSPS) is 20.0. The molecule has 3 rings (SSSR count). The van der Waals surface area contributed by atoms with Gasteiger partial charge in [0.1, 0.15) is 17.2 Å². The maximum atomic E-state index is 5.93. The zero-order valence-electron chi connectivity index (χ0n) is 17.6. The van der Waals surface area contributed by atoms with E-state index in [1.807, 2.05) is 19.9 Å². The van der Waals surface area contributed by atoms with Gasteiger partial charge < -0.3 is 20.1 Å². The maximum Gasteiger partial charge on any atom is 0.176 e. The number of aliphatic imine (C=N–C) groups is 1. The van der Waals surface area contributed by atoms with Gasteiger partial charge in [0.25, 0.3) is 0 Å². The zero-order chi connectivity index (χ0) is 20.9. The molecule has 2 fully saturated rings. The fraction of sp³-hybridized carbons (Fsp3) is 0.591. The SMILES string of the molecule is CC(C)Oc1cc(C#CC2CC2)cnc1/C(C=NCC1OCC(C)(C)CO1)=N/N. The molecule has 0 atom stereocenters. The van der Waals surface area contributed by atoms with E-state index in [0.29, 0.717) is 42.8 Å². The van der Waals surface area contributed by atoms with Gasteiger partial charge in [-0.25, -0.2) is 4.98 Å². The van der Waals surface area contributed by atoms with Gasteiger partial charge in [-0.2, -0.15) is 5.10 Å². The number of hydrazone groups is 1. The monoisotopic (exact) mass is 398 g/mol. The summed E-state index contributed by atoms with van der Waals surface area (Å²) in [6.45, 7) is 9.77. The van der Waals surface area contributed by atoms with Gasteiger partial charge in [0.2, 0.25) is 0 Å². The summed E-state index contributed by atoms with van der Waals surface area (Å²) >= 11 is 0. The van der Waals surface area contributed by atoms with Crippen molar-refractivity contribution in [2.75, 3.05) is 19.8 Å². The summed E-state index contributed by atoms with van der Waals surface area (Å²) < 4.78 is 17.3. The van der Waals surface area contributed by atoms with Crippen molar-refractivity contribution in [2.45, 2.75) is 52.9 Å². The fourth-order valence-electron chi connectivity index (χ4n) is 2.68. The van der Waals surface area contributed by atoms with E-state index < -0.39 is 0 Å². The Balaban J connectivity index is 1.71. The largest absolute Gasteiger partial charge is 0.489 e. The molecule has 0 amide bonds. The van der Waals surface area contributed by atoms with Crippen LogP contribution in [0.25, 0.3) is 0 Å². The van der Waals surface area contributed by atoms with Crippen LogP contribution in [0.4, 0.5) is 0 Å². The van der Waals surface area contributed by atoms with Gasteiger partial charge in [-0.3, -0.25) is 4.99 Å². The highest BCUT2D eigenvalue weighted by atomic mass is 16.7. The molecule has 1 saturated carbocycles. The van der Waals surface area contributed by atoms with Crippen LogP contribution >= 0.6 is 0 Å². The molecular formula is C22H30N4O3. The molecule has 2 aliphatic rings. The zero-order valence-corrected chi connectivity index (χ0v) is 17.6. The number of hydrogen-bond donors (Lipinski definition) is 1. The molecule has 1 saturated heterocycles. The third-order valence-corrected chi connectivity index (χ3v) is 4.38. The molecule has 0 bridgehead atoms. The second kappa shape index (κ2) is 9.38. The van der Waals surface area contributed by atoms with Crippen molar-refractivity contribution < 1.29 is 14.2 Å². The van der Waals surface area contributed by atoms with E-state index in [9.17, 15) is 0 Å². The summed E-state index contributed by atoms with van der Waals surface area (Å²) in [6, 6.07) is 1.88. The second-order valence-corrected chi connectivity index (χ2v) is 8.51. The molecule has 7 heteroatoms. The van der Waals surface area contributed by atoms with Crippen molar-refractivity contribution in [3.05, 3.63) is 23.5 Å². The van der Waals surface area contributed by atoms with E-state index in [-0.39, 0.29) is 17.8 Å². The predicted octanol–water partition coefficient (Wildman–Crippen LogP) is 2.76. The van der Waals surface area contributed by atoms with E-state index in [0.717, 1.165) is 5.56 Å². The van der Waals surface area contributed by atoms with Gasteiger partial charge in [-0.1, -0.05) is 25.7 Å². The molecule has 1 aliphatic heterocycles. The Kier molecular flexibility index (Phi) is 6.88. The standard InChI is InChI=1S/C22H30N4O3/c1-15(2)29-19-9-17(8-7-16-5-6-16)10-25-21(19)18(26-23)11-24-12-20-27-13-22(3,4)14-28-20/h9-11,15-16,20H,5-6,12-14,23H2,1-4H3/b24-11?,26-18+. The summed E-state index contributed by atoms with van der Waals surface area (Å²) in [7, 11) is 0. The molecule has 2 N–H and O–H groups in total. The first-order valence-corrected chi connectivity index (χ1v) is 10.1. The Hall–Kier alpha value is -2.43. The van der Waals surface area contributed by atoms with Crippen molar-refractivity contribution in [1.82, 2.24) is 4.98 Å². The van der Waals surface area contributed by atoms with Gasteiger partial charge in [0.15, 0.2) is 6.29 Å². The van der Waals surface area contributed by atoms with Crippen molar-refractivity contribution in [3.8, 4) is 17.6 Å². The maximum absolute atomic E-state index is 5.93. The average molecular weight is 399 g/mol. The van der Waals surface area contributed by atoms with Crippen molar-refractivity contribution in [1.29, 1.82) is 0 Å². The smallest absolute Gasteiger partial charge is 0.176 e. The molecule has 1 aromatic heterocycles. The van der Waals surface area contributed by atoms with Crippen LogP contribution in [0.3, 0.4) is 0 Å². The molecule has 1 aliphatic carbocycles. The van der Waals surface area contributed by atoms with Crippen LogP contribution in [0.1, 0.15) is 51.8 Å². The molecule has 0 radical (unpaired) electrons. The van der Waals surface area contributed by atoms with E-state index in [1.54, 1.807) is 12.4 Å². The van der Waals surface area contributed by atoms with Crippen LogP contribution in [0.2, 0.25) is 0 Å². The minimum atomic E-state index is -0.363. The fourth-order valence-corrected chi connectivity index (χ4v) is 2.68. The summed E-state index contributed by atoms with van der Waals surface area (Å²) in [5, 5.41) is 3.85. The Morgan fingerprint density at radius 1 is 1.38 bits per heavy atom. The van der Waals surface area contributed by atoms with E-state index in [1.165, 1.54) is 12.8 Å². The first-order chi connectivity index (χ1) is 13.9. The lowest BCUT2D eigenvalue weighted by molar-refractivity contribution is -0.215. The van der Waals surface area contributed by atoms with Crippen LogP contribution in [0, 0.1) is 23.2 Å². The number of nitrogens with two attached hydrogens (primary N) is 1. The van der Waals surface area contributed by atoms with Crippen molar-refractivity contribution in [2.24, 2.45) is 27.3 Å². The van der Waals surface area contributed by atoms with Crippen molar-refractivity contribution in [3.63, 3.8) is 0 Å². The van der Waals surface area contributed by atoms with E-state index in [4.69, 9.17) is 20.1 Å². The number of ether oxygens (including phenoxy) is 3. The highest BCUT2D eigenvalue weighted by molar-refractivity contribution is 6.38. The highest BCUT2D eigenvalue weighted by Crippen LogP contribution is 2.28. The molecule has 0 spiro atoms. The lowest BCUT2D eigenvalue weighted by Crippen LogP contribution is -2.39. The topological polar surface area (TPSA) is 91.3 Å². The Labute approximate surface area is 172 Å². The number of pyridine rings is 1. The van der Waals surface area contributed by atoms with Gasteiger partial charge in [-0.15, -0.1) is 0 Å². The summed E-state index contributed by atoms with van der Waals surface area (Å²) in [5.74, 6) is 13.1. The van der Waals surface area contributed by atoms with Gasteiger partial charge in [0, 0.05) is 23.1 Å². The first-order valence-electron chi connectivity index (χ1n) is 10.1. The van der Waals surface area contributed by atoms with Crippen LogP contribution in [-0.4, -0.2) is 49.1 Å². The first kappa shape index (κ1) is 21.3. The molecule has 0 aromatic carbocycles. The second-order valence-electron chi connectivity index (χ2n) is 8.51. The molecule has 2 heterocycles. The third-order valence-electron chi connectivity index (χ3n) is 4.38. The van der Waals surface area contributed by atoms with Gasteiger partial charge in [-0.05, 0) is 32.8 Å². The lowest BCUT2D eigenvalue weighted by Gasteiger charge is -2.33. The molecular weight excluding hydrogens is 368 g/mol. The Morgan fingerprint density at radius 2 is 2.10 bits per heavy atom. The summed E-state index contributed by atoms with van der Waals surface area (Å²) in [5.41, 5.74) is 1.81. The Morgan fingerprint density at radius 3 is 2.72 bits per heavy atom. The number of hydrogen-bond acceptors (Lipinski definition) is 7. The van der Waals surface area contributed by atoms with Gasteiger partial charge in [0.05, 0.1) is 32.1 Å². The molecule has 29 heavy (non-hydrogen) atoms. The molecule has 156 valence electrons. The minimum Gasteiger partial charge on any atom is -0.489 e. The van der Waals surface area contributed by atoms with Crippen LogP contribution in [-0.2, 0) is 9.47 Å². The molecule has 7 nitrogen and oxygen atoms in total. The summed E-state index contributed by atoms with van der Waals surface area (Å²) in [6.07, 6.45) is 5.27. The highest BCUT2D eigenvalue weighted by Gasteiger charge is 2.28. The third kappa shape index (κ3) is 6.55. The predicted molar refractivity (Wildman–Crippen MR) is 113 cm³/mol. The average Bonchev–Trinajstić information content (AvgIpc) is 3.49. The number of aromatic nitrogens is 1. The van der Waals surface area contributed by atoms with Crippen molar-refractivity contribution >= 4 is 11.9 Å². The van der Waals surface area contributed by atoms with Gasteiger partial charge >= 0.3 is 0 Å². The van der Waals surface area contributed by atoms with Crippen LogP contribution in [0.5, 0.6) is 5.75 Å². The van der Waals surface area contributed by atoms with E-state index in [2.05, 4.69) is 40.8 Å². The molecule has 1 aromatic rings. The lowest BCUT2D eigenvalue weighted by atomic mass is 9.96. The quantitative estimate of drug-likeness (QED) is 0.344. The molecule has 0 unspecified atom stereocenters. The number of rotatable bonds is 6. The van der Waals surface area contributed by atoms with Crippen LogP contribution in [0.15, 0.2) is 22.4 Å². The minimum absolute atomic E-state index is 0.0226. The summed E-state index contributed by atoms with van der Waals surface area (Å²) in [4.78, 5) is 8.89. The van der Waals surface area contributed by atoms with E-state index >= 15 is 0 Å². The van der Waals surface area contributed by atoms with Crippen LogP contribution < -0.4 is 10.6 Å². The Bertz CT molecular complexity index is 822. The number of nitrogens with zero attached hydrogens (tertiary/aromatic N) is 3.